The van der Waals surface area contributed by atoms with Gasteiger partial charge in [-0.25, -0.2) is 4.79 Å². The van der Waals surface area contributed by atoms with Crippen LogP contribution in [0.15, 0.2) is 84.0 Å². The number of piperidine rings is 1. The molecule has 3 aromatic rings. The lowest BCUT2D eigenvalue weighted by molar-refractivity contribution is -0.0544. The van der Waals surface area contributed by atoms with Crippen molar-refractivity contribution in [3.8, 4) is 11.5 Å². The number of nitrogens with one attached hydrogen (secondary N) is 1. The number of benzene rings is 3. The van der Waals surface area contributed by atoms with E-state index in [1.807, 2.05) is 59.5 Å². The van der Waals surface area contributed by atoms with Gasteiger partial charge >= 0.3 is 6.03 Å². The molecule has 1 spiro atoms. The Morgan fingerprint density at radius 3 is 2.19 bits per heavy atom. The summed E-state index contributed by atoms with van der Waals surface area (Å²) >= 11 is 0. The molecule has 0 unspecified atom stereocenters. The van der Waals surface area contributed by atoms with Crippen LogP contribution < -0.4 is 10.1 Å². The summed E-state index contributed by atoms with van der Waals surface area (Å²) in [6.07, 6.45) is 2.30. The minimum absolute atomic E-state index is 0.0986. The fraction of sp³-hybridized carbons (Fsp3) is 0.333. The Morgan fingerprint density at radius 2 is 1.56 bits per heavy atom. The third-order valence-electron chi connectivity index (χ3n) is 6.97. The summed E-state index contributed by atoms with van der Waals surface area (Å²) in [4.78, 5) is 20.7. The van der Waals surface area contributed by atoms with Crippen molar-refractivity contribution in [1.29, 1.82) is 0 Å². The minimum atomic E-state index is -0.314. The first-order valence-corrected chi connectivity index (χ1v) is 12.5. The first-order valence-electron chi connectivity index (χ1n) is 12.5. The SMILES string of the molecule is CC(C)(C)c1ccc(C2=NOC3(CCN(C(=O)Nc4ccc(Oc5ccccc5)cc4)CC3)C2)cc1. The molecule has 2 aliphatic rings. The van der Waals surface area contributed by atoms with E-state index in [0.717, 1.165) is 47.7 Å². The average molecular weight is 484 g/mol. The van der Waals surface area contributed by atoms with Gasteiger partial charge in [-0.2, -0.15) is 0 Å². The van der Waals surface area contributed by atoms with Crippen molar-refractivity contribution < 1.29 is 14.4 Å². The second kappa shape index (κ2) is 9.69. The molecule has 5 rings (SSSR count). The Labute approximate surface area is 212 Å². The number of likely N-dealkylation sites (tertiary alicyclic amines) is 1. The molecule has 2 aliphatic heterocycles. The second-order valence-corrected chi connectivity index (χ2v) is 10.7. The minimum Gasteiger partial charge on any atom is -0.457 e. The molecule has 6 nitrogen and oxygen atoms in total. The van der Waals surface area contributed by atoms with Crippen molar-refractivity contribution in [2.45, 2.75) is 51.0 Å². The van der Waals surface area contributed by atoms with Crippen molar-refractivity contribution in [2.24, 2.45) is 5.16 Å². The van der Waals surface area contributed by atoms with Crippen molar-refractivity contribution in [1.82, 2.24) is 4.90 Å². The third-order valence-corrected chi connectivity index (χ3v) is 6.97. The van der Waals surface area contributed by atoms with Gasteiger partial charge in [-0.15, -0.1) is 0 Å². The topological polar surface area (TPSA) is 63.2 Å². The maximum Gasteiger partial charge on any atom is 0.321 e. The molecule has 1 N–H and O–H groups in total. The van der Waals surface area contributed by atoms with E-state index in [1.165, 1.54) is 5.56 Å². The number of nitrogens with zero attached hydrogens (tertiary/aromatic N) is 2. The Bertz CT molecular complexity index is 1220. The highest BCUT2D eigenvalue weighted by Gasteiger charge is 2.43. The van der Waals surface area contributed by atoms with Gasteiger partial charge in [0.2, 0.25) is 0 Å². The largest absolute Gasteiger partial charge is 0.457 e. The normalized spacial score (nSPS) is 16.9. The summed E-state index contributed by atoms with van der Waals surface area (Å²) in [5.74, 6) is 1.50. The molecule has 0 saturated carbocycles. The van der Waals surface area contributed by atoms with E-state index in [9.17, 15) is 4.79 Å². The zero-order valence-corrected chi connectivity index (χ0v) is 21.2. The number of anilines is 1. The van der Waals surface area contributed by atoms with E-state index >= 15 is 0 Å². The van der Waals surface area contributed by atoms with E-state index in [1.54, 1.807) is 0 Å². The van der Waals surface area contributed by atoms with Crippen LogP contribution in [0, 0.1) is 0 Å². The Morgan fingerprint density at radius 1 is 0.917 bits per heavy atom. The number of carbonyl (C=O) groups is 1. The van der Waals surface area contributed by atoms with Crippen LogP contribution in [0.3, 0.4) is 0 Å². The fourth-order valence-electron chi connectivity index (χ4n) is 4.66. The van der Waals surface area contributed by atoms with Crippen molar-refractivity contribution in [2.75, 3.05) is 18.4 Å². The van der Waals surface area contributed by atoms with Gasteiger partial charge in [-0.05, 0) is 52.9 Å². The van der Waals surface area contributed by atoms with Gasteiger partial charge in [0.25, 0.3) is 0 Å². The highest BCUT2D eigenvalue weighted by Crippen LogP contribution is 2.36. The number of oxime groups is 1. The monoisotopic (exact) mass is 483 g/mol. The Balaban J connectivity index is 1.12. The van der Waals surface area contributed by atoms with Crippen LogP contribution in [-0.2, 0) is 10.3 Å². The summed E-state index contributed by atoms with van der Waals surface area (Å²) in [5, 5.41) is 7.43. The first-order chi connectivity index (χ1) is 17.3. The first kappa shape index (κ1) is 23.9. The zero-order chi connectivity index (χ0) is 25.2. The van der Waals surface area contributed by atoms with Crippen LogP contribution in [0.2, 0.25) is 0 Å². The molecule has 0 aliphatic carbocycles. The lowest BCUT2D eigenvalue weighted by Crippen LogP contribution is -2.48. The molecule has 6 heteroatoms. The Hall–Kier alpha value is -3.80. The highest BCUT2D eigenvalue weighted by molar-refractivity contribution is 6.01. The molecule has 3 aromatic carbocycles. The molecule has 0 bridgehead atoms. The van der Waals surface area contributed by atoms with Gasteiger partial charge in [-0.3, -0.25) is 0 Å². The molecular formula is C30H33N3O3. The summed E-state index contributed by atoms with van der Waals surface area (Å²) in [6, 6.07) is 25.6. The van der Waals surface area contributed by atoms with E-state index in [4.69, 9.17) is 9.57 Å². The molecular weight excluding hydrogens is 450 g/mol. The molecule has 1 saturated heterocycles. The van der Waals surface area contributed by atoms with Gasteiger partial charge in [0.05, 0.1) is 5.71 Å². The van der Waals surface area contributed by atoms with Gasteiger partial charge in [0, 0.05) is 38.0 Å². The summed E-state index contributed by atoms with van der Waals surface area (Å²) in [6.45, 7) is 7.91. The van der Waals surface area contributed by atoms with Crippen molar-refractivity contribution >= 4 is 17.4 Å². The van der Waals surface area contributed by atoms with Crippen LogP contribution in [-0.4, -0.2) is 35.3 Å². The van der Waals surface area contributed by atoms with E-state index in [0.29, 0.717) is 13.1 Å². The number of para-hydroxylation sites is 1. The smallest absolute Gasteiger partial charge is 0.321 e. The van der Waals surface area contributed by atoms with Crippen LogP contribution in [0.25, 0.3) is 0 Å². The second-order valence-electron chi connectivity index (χ2n) is 10.7. The highest BCUT2D eigenvalue weighted by atomic mass is 16.7. The molecule has 186 valence electrons. The number of ether oxygens (including phenoxy) is 1. The van der Waals surface area contributed by atoms with Crippen LogP contribution in [0.1, 0.15) is 51.2 Å². The Kier molecular flexibility index (Phi) is 6.44. The molecule has 2 heterocycles. The maximum absolute atomic E-state index is 12.9. The lowest BCUT2D eigenvalue weighted by atomic mass is 9.84. The third kappa shape index (κ3) is 5.38. The molecule has 0 radical (unpaired) electrons. The predicted octanol–water partition coefficient (Wildman–Crippen LogP) is 6.97. The maximum atomic E-state index is 12.9. The summed E-state index contributed by atoms with van der Waals surface area (Å²) in [5.41, 5.74) is 3.95. The number of rotatable bonds is 4. The summed E-state index contributed by atoms with van der Waals surface area (Å²) < 4.78 is 5.82. The van der Waals surface area contributed by atoms with Gasteiger partial charge in [0.15, 0.2) is 0 Å². The van der Waals surface area contributed by atoms with Crippen LogP contribution in [0.4, 0.5) is 10.5 Å². The molecule has 36 heavy (non-hydrogen) atoms. The number of hydrogen-bond donors (Lipinski definition) is 1. The van der Waals surface area contributed by atoms with E-state index in [2.05, 4.69) is 55.5 Å². The standard InChI is InChI=1S/C30H33N3O3/c1-29(2,3)23-11-9-22(10-12-23)27-21-30(36-32-27)17-19-33(20-18-30)28(34)31-24-13-15-26(16-14-24)35-25-7-5-4-6-8-25/h4-16H,17-21H2,1-3H3,(H,31,34). The van der Waals surface area contributed by atoms with Crippen molar-refractivity contribution in [3.05, 3.63) is 90.0 Å². The van der Waals surface area contributed by atoms with Gasteiger partial charge in [0.1, 0.15) is 17.1 Å². The number of urea groups is 1. The molecule has 0 aromatic heterocycles. The average Bonchev–Trinajstić information content (AvgIpc) is 3.29. The molecule has 2 amide bonds. The number of hydrogen-bond acceptors (Lipinski definition) is 4. The van der Waals surface area contributed by atoms with Crippen LogP contribution in [0.5, 0.6) is 11.5 Å². The summed E-state index contributed by atoms with van der Waals surface area (Å²) in [7, 11) is 0. The number of amides is 2. The van der Waals surface area contributed by atoms with Crippen molar-refractivity contribution in [3.63, 3.8) is 0 Å². The molecule has 0 atom stereocenters. The van der Waals surface area contributed by atoms with Gasteiger partial charge in [-0.1, -0.05) is 68.4 Å². The fourth-order valence-corrected chi connectivity index (χ4v) is 4.66. The van der Waals surface area contributed by atoms with E-state index in [-0.39, 0.29) is 17.0 Å². The lowest BCUT2D eigenvalue weighted by Gasteiger charge is -2.37. The predicted molar refractivity (Wildman–Crippen MR) is 143 cm³/mol. The van der Waals surface area contributed by atoms with Gasteiger partial charge < -0.3 is 19.8 Å². The quantitative estimate of drug-likeness (QED) is 0.436. The number of carbonyl (C=O) groups excluding carboxylic acids is 1. The zero-order valence-electron chi connectivity index (χ0n) is 21.2. The molecule has 1 fully saturated rings. The van der Waals surface area contributed by atoms with E-state index < -0.39 is 0 Å². The van der Waals surface area contributed by atoms with Crippen LogP contribution >= 0.6 is 0 Å².